The average Bonchev–Trinajstić information content (AvgIpc) is 3.28. The lowest BCUT2D eigenvalue weighted by atomic mass is 9.80. The molecule has 1 saturated heterocycles. The number of carbonyl (C=O) groups excluding carboxylic acids is 2. The highest BCUT2D eigenvalue weighted by Gasteiger charge is 2.56. The Bertz CT molecular complexity index is 1120. The van der Waals surface area contributed by atoms with E-state index in [2.05, 4.69) is 6.58 Å². The summed E-state index contributed by atoms with van der Waals surface area (Å²) in [7, 11) is 0. The van der Waals surface area contributed by atoms with Crippen LogP contribution in [-0.4, -0.2) is 35.6 Å². The second-order valence-electron chi connectivity index (χ2n) is 9.40. The molecule has 5 nitrogen and oxygen atoms in total. The Morgan fingerprint density at radius 2 is 1.79 bits per heavy atom. The second-order valence-corrected chi connectivity index (χ2v) is 9.40. The maximum absolute atomic E-state index is 13.8. The molecule has 0 radical (unpaired) electrons. The van der Waals surface area contributed by atoms with E-state index in [1.807, 2.05) is 6.07 Å². The van der Waals surface area contributed by atoms with Crippen LogP contribution in [-0.2, 0) is 21.1 Å². The van der Waals surface area contributed by atoms with Crippen LogP contribution in [0.4, 0.5) is 29.3 Å². The van der Waals surface area contributed by atoms with Gasteiger partial charge in [0.1, 0.15) is 5.60 Å². The Hall–Kier alpha value is -3.29. The van der Waals surface area contributed by atoms with Gasteiger partial charge in [0.2, 0.25) is 5.91 Å². The Labute approximate surface area is 190 Å². The number of likely N-dealkylation sites (tertiary alicyclic amines) is 1. The van der Waals surface area contributed by atoms with Crippen LogP contribution in [0.3, 0.4) is 0 Å². The van der Waals surface area contributed by atoms with Crippen molar-refractivity contribution >= 4 is 29.5 Å². The standard InChI is InChI=1S/C25H25F3N2O3/c1-5-16-6-11-20-19(14-16)24(12-13-29(15-24)22(32)33-23(2,3)4)21(31)30(20)18-9-7-17(8-10-18)25(26,27)28/h5-11,14H,1,12-13,15H2,2-4H3. The van der Waals surface area contributed by atoms with Crippen LogP contribution >= 0.6 is 0 Å². The van der Waals surface area contributed by atoms with E-state index >= 15 is 0 Å². The van der Waals surface area contributed by atoms with E-state index in [4.69, 9.17) is 4.74 Å². The highest BCUT2D eigenvalue weighted by Crippen LogP contribution is 2.50. The van der Waals surface area contributed by atoms with Gasteiger partial charge < -0.3 is 9.64 Å². The summed E-state index contributed by atoms with van der Waals surface area (Å²) in [6, 6.07) is 9.96. The molecule has 0 aliphatic carbocycles. The van der Waals surface area contributed by atoms with Crippen LogP contribution in [0.2, 0.25) is 0 Å². The lowest BCUT2D eigenvalue weighted by molar-refractivity contribution is -0.137. The number of amides is 2. The van der Waals surface area contributed by atoms with Crippen molar-refractivity contribution in [3.05, 3.63) is 65.7 Å². The molecule has 2 aliphatic heterocycles. The fraction of sp³-hybridized carbons (Fsp3) is 0.360. The second kappa shape index (κ2) is 7.64. The zero-order valence-electron chi connectivity index (χ0n) is 18.7. The molecule has 1 fully saturated rings. The molecule has 33 heavy (non-hydrogen) atoms. The number of alkyl halides is 3. The van der Waals surface area contributed by atoms with Gasteiger partial charge in [-0.25, -0.2) is 4.79 Å². The summed E-state index contributed by atoms with van der Waals surface area (Å²) < 4.78 is 44.6. The molecule has 0 bridgehead atoms. The van der Waals surface area contributed by atoms with E-state index in [1.165, 1.54) is 21.9 Å². The van der Waals surface area contributed by atoms with E-state index < -0.39 is 28.8 Å². The van der Waals surface area contributed by atoms with Crippen LogP contribution in [0, 0.1) is 0 Å². The zero-order valence-corrected chi connectivity index (χ0v) is 18.7. The summed E-state index contributed by atoms with van der Waals surface area (Å²) in [5, 5.41) is 0. The first-order chi connectivity index (χ1) is 15.4. The number of ether oxygens (including phenoxy) is 1. The highest BCUT2D eigenvalue weighted by atomic mass is 19.4. The molecular weight excluding hydrogens is 433 g/mol. The van der Waals surface area contributed by atoms with Crippen LogP contribution in [0.1, 0.15) is 43.9 Å². The van der Waals surface area contributed by atoms with Gasteiger partial charge in [0.25, 0.3) is 0 Å². The van der Waals surface area contributed by atoms with Gasteiger partial charge in [-0.2, -0.15) is 13.2 Å². The molecule has 4 rings (SSSR count). The van der Waals surface area contributed by atoms with Crippen molar-refractivity contribution in [3.63, 3.8) is 0 Å². The predicted molar refractivity (Wildman–Crippen MR) is 119 cm³/mol. The minimum absolute atomic E-state index is 0.130. The van der Waals surface area contributed by atoms with Gasteiger partial charge in [-0.1, -0.05) is 18.7 Å². The lowest BCUT2D eigenvalue weighted by Crippen LogP contribution is -2.43. The van der Waals surface area contributed by atoms with E-state index in [0.29, 0.717) is 24.3 Å². The predicted octanol–water partition coefficient (Wildman–Crippen LogP) is 5.91. The molecular formula is C25H25F3N2O3. The Balaban J connectivity index is 1.74. The van der Waals surface area contributed by atoms with Crippen LogP contribution in [0.5, 0.6) is 0 Å². The minimum atomic E-state index is -4.47. The average molecular weight is 458 g/mol. The smallest absolute Gasteiger partial charge is 0.416 e. The highest BCUT2D eigenvalue weighted by molar-refractivity contribution is 6.13. The third-order valence-corrected chi connectivity index (χ3v) is 6.00. The van der Waals surface area contributed by atoms with Crippen LogP contribution in [0.15, 0.2) is 49.0 Å². The molecule has 2 amide bonds. The summed E-state index contributed by atoms with van der Waals surface area (Å²) in [5.74, 6) is -0.274. The van der Waals surface area contributed by atoms with Crippen molar-refractivity contribution in [2.75, 3.05) is 18.0 Å². The number of halogens is 3. The monoisotopic (exact) mass is 458 g/mol. The van der Waals surface area contributed by atoms with Crippen LogP contribution < -0.4 is 4.90 Å². The molecule has 2 aromatic carbocycles. The van der Waals surface area contributed by atoms with E-state index in [0.717, 1.165) is 23.3 Å². The Morgan fingerprint density at radius 1 is 1.12 bits per heavy atom. The van der Waals surface area contributed by atoms with Gasteiger partial charge in [0.05, 0.1) is 16.7 Å². The molecule has 0 N–H and O–H groups in total. The molecule has 8 heteroatoms. The fourth-order valence-corrected chi connectivity index (χ4v) is 4.44. The normalized spacial score (nSPS) is 20.4. The Kier molecular flexibility index (Phi) is 5.30. The summed E-state index contributed by atoms with van der Waals surface area (Å²) in [5.41, 5.74) is 0.0128. The number of anilines is 2. The number of nitrogens with zero attached hydrogens (tertiary/aromatic N) is 2. The SMILES string of the molecule is C=Cc1ccc2c(c1)C1(CCN(C(=O)OC(C)(C)C)C1)C(=O)N2c1ccc(C(F)(F)F)cc1. The summed E-state index contributed by atoms with van der Waals surface area (Å²) in [6.07, 6.45) is -2.91. The van der Waals surface area contributed by atoms with Gasteiger partial charge in [-0.05, 0) is 74.7 Å². The molecule has 2 aromatic rings. The third-order valence-electron chi connectivity index (χ3n) is 6.00. The number of hydrogen-bond donors (Lipinski definition) is 0. The molecule has 0 aromatic heterocycles. The molecule has 0 saturated carbocycles. The maximum atomic E-state index is 13.8. The van der Waals surface area contributed by atoms with Gasteiger partial charge in [0.15, 0.2) is 0 Å². The third kappa shape index (κ3) is 3.98. The Morgan fingerprint density at radius 3 is 2.36 bits per heavy atom. The first-order valence-electron chi connectivity index (χ1n) is 10.6. The molecule has 1 spiro atoms. The van der Waals surface area contributed by atoms with Crippen LogP contribution in [0.25, 0.3) is 6.08 Å². The lowest BCUT2D eigenvalue weighted by Gasteiger charge is -2.27. The number of rotatable bonds is 2. The van der Waals surface area contributed by atoms with Gasteiger partial charge in [-0.3, -0.25) is 9.69 Å². The van der Waals surface area contributed by atoms with E-state index in [9.17, 15) is 22.8 Å². The number of fused-ring (bicyclic) bond motifs is 2. The molecule has 1 unspecified atom stereocenters. The zero-order chi connectivity index (χ0) is 24.2. The maximum Gasteiger partial charge on any atom is 0.416 e. The molecule has 174 valence electrons. The van der Waals surface area contributed by atoms with Crippen molar-refractivity contribution in [1.29, 1.82) is 0 Å². The largest absolute Gasteiger partial charge is 0.444 e. The molecule has 1 atom stereocenters. The fourth-order valence-electron chi connectivity index (χ4n) is 4.44. The van der Waals surface area contributed by atoms with Crippen molar-refractivity contribution in [2.24, 2.45) is 0 Å². The number of hydrogen-bond acceptors (Lipinski definition) is 3. The first kappa shape index (κ1) is 22.9. The number of benzene rings is 2. The van der Waals surface area contributed by atoms with Crippen molar-refractivity contribution in [1.82, 2.24) is 4.90 Å². The first-order valence-corrected chi connectivity index (χ1v) is 10.6. The van der Waals surface area contributed by atoms with E-state index in [-0.39, 0.29) is 12.5 Å². The van der Waals surface area contributed by atoms with Gasteiger partial charge >= 0.3 is 12.3 Å². The molecule has 2 aliphatic rings. The van der Waals surface area contributed by atoms with Gasteiger partial charge in [0, 0.05) is 18.8 Å². The van der Waals surface area contributed by atoms with Gasteiger partial charge in [-0.15, -0.1) is 0 Å². The molecule has 2 heterocycles. The summed E-state index contributed by atoms with van der Waals surface area (Å²) >= 11 is 0. The van der Waals surface area contributed by atoms with Crippen molar-refractivity contribution < 1.29 is 27.5 Å². The topological polar surface area (TPSA) is 49.9 Å². The quantitative estimate of drug-likeness (QED) is 0.563. The number of carbonyl (C=O) groups is 2. The van der Waals surface area contributed by atoms with E-state index in [1.54, 1.807) is 39.0 Å². The van der Waals surface area contributed by atoms with Crippen molar-refractivity contribution in [2.45, 2.75) is 44.4 Å². The minimum Gasteiger partial charge on any atom is -0.444 e. The van der Waals surface area contributed by atoms with Crippen molar-refractivity contribution in [3.8, 4) is 0 Å². The summed E-state index contributed by atoms with van der Waals surface area (Å²) in [6.45, 7) is 9.58. The summed E-state index contributed by atoms with van der Waals surface area (Å²) in [4.78, 5) is 29.5.